The fraction of sp³-hybridized carbons (Fsp3) is 0.444. The van der Waals surface area contributed by atoms with E-state index in [2.05, 4.69) is 15.2 Å². The summed E-state index contributed by atoms with van der Waals surface area (Å²) >= 11 is 0. The van der Waals surface area contributed by atoms with Gasteiger partial charge in [0, 0.05) is 37.7 Å². The van der Waals surface area contributed by atoms with Crippen LogP contribution >= 0.6 is 0 Å². The van der Waals surface area contributed by atoms with Crippen LogP contribution in [0.3, 0.4) is 0 Å². The molecule has 0 atom stereocenters. The number of nitrogens with one attached hydrogen (secondary N) is 1. The van der Waals surface area contributed by atoms with E-state index >= 15 is 0 Å². The quantitative estimate of drug-likeness (QED) is 0.940. The molecule has 1 saturated carbocycles. The number of benzene rings is 1. The molecule has 5 nitrogen and oxygen atoms in total. The second-order valence-electron chi connectivity index (χ2n) is 6.21. The highest BCUT2D eigenvalue weighted by Gasteiger charge is 2.30. The van der Waals surface area contributed by atoms with Crippen molar-refractivity contribution in [2.75, 3.05) is 38.2 Å². The molecule has 0 radical (unpaired) electrons. The Hall–Kier alpha value is -2.14. The topological polar surface area (TPSA) is 50.3 Å². The molecule has 2 aliphatic rings. The third-order valence-electron chi connectivity index (χ3n) is 4.55. The zero-order valence-corrected chi connectivity index (χ0v) is 13.5. The van der Waals surface area contributed by atoms with E-state index in [0.29, 0.717) is 5.92 Å². The van der Waals surface area contributed by atoms with Crippen molar-refractivity contribution in [3.63, 3.8) is 0 Å². The average Bonchev–Trinajstić information content (AvgIpc) is 3.47. The van der Waals surface area contributed by atoms with Crippen molar-refractivity contribution < 1.29 is 4.74 Å². The Kier molecular flexibility index (Phi) is 3.87. The first-order valence-electron chi connectivity index (χ1n) is 8.32. The summed E-state index contributed by atoms with van der Waals surface area (Å²) < 4.78 is 5.31. The van der Waals surface area contributed by atoms with Crippen LogP contribution in [0.1, 0.15) is 24.5 Å². The molecule has 1 saturated heterocycles. The first-order chi connectivity index (χ1) is 11.3. The molecule has 0 unspecified atom stereocenters. The Labute approximate surface area is 136 Å². The van der Waals surface area contributed by atoms with Crippen molar-refractivity contribution in [1.29, 1.82) is 0 Å². The fourth-order valence-corrected chi connectivity index (χ4v) is 3.10. The highest BCUT2D eigenvalue weighted by Crippen LogP contribution is 2.43. The lowest BCUT2D eigenvalue weighted by molar-refractivity contribution is 0.415. The Morgan fingerprint density at radius 1 is 1.22 bits per heavy atom. The lowest BCUT2D eigenvalue weighted by Crippen LogP contribution is -2.44. The van der Waals surface area contributed by atoms with Gasteiger partial charge in [0.1, 0.15) is 5.75 Å². The molecule has 1 aromatic carbocycles. The first-order valence-corrected chi connectivity index (χ1v) is 8.32. The van der Waals surface area contributed by atoms with Gasteiger partial charge in [-0.15, -0.1) is 0 Å². The Morgan fingerprint density at radius 3 is 2.78 bits per heavy atom. The zero-order valence-electron chi connectivity index (χ0n) is 13.5. The molecule has 4 rings (SSSR count). The molecule has 2 fully saturated rings. The predicted molar refractivity (Wildman–Crippen MR) is 91.1 cm³/mol. The number of ether oxygens (including phenoxy) is 1. The van der Waals surface area contributed by atoms with Crippen molar-refractivity contribution in [2.24, 2.45) is 0 Å². The van der Waals surface area contributed by atoms with Crippen LogP contribution in [0.4, 0.5) is 5.69 Å². The number of rotatable bonds is 4. The predicted octanol–water partition coefficient (Wildman–Crippen LogP) is 2.44. The summed E-state index contributed by atoms with van der Waals surface area (Å²) in [6, 6.07) is 7.97. The molecular weight excluding hydrogens is 288 g/mol. The van der Waals surface area contributed by atoms with Crippen molar-refractivity contribution in [3.8, 4) is 17.1 Å². The van der Waals surface area contributed by atoms with E-state index in [-0.39, 0.29) is 0 Å². The van der Waals surface area contributed by atoms with Gasteiger partial charge in [-0.05, 0) is 25.0 Å². The maximum absolute atomic E-state index is 5.31. The van der Waals surface area contributed by atoms with Gasteiger partial charge < -0.3 is 15.0 Å². The SMILES string of the molecule is COc1cccc(-c2ncc(N3CCNCC3)c(C3CC3)n2)c1. The summed E-state index contributed by atoms with van der Waals surface area (Å²) in [5.41, 5.74) is 3.46. The van der Waals surface area contributed by atoms with Crippen LogP contribution in [0, 0.1) is 0 Å². The lowest BCUT2D eigenvalue weighted by Gasteiger charge is -2.30. The third kappa shape index (κ3) is 3.01. The monoisotopic (exact) mass is 310 g/mol. The van der Waals surface area contributed by atoms with E-state index in [1.807, 2.05) is 30.5 Å². The number of aromatic nitrogens is 2. The van der Waals surface area contributed by atoms with Gasteiger partial charge in [-0.3, -0.25) is 0 Å². The van der Waals surface area contributed by atoms with E-state index in [1.165, 1.54) is 24.2 Å². The molecule has 1 N–H and O–H groups in total. The highest BCUT2D eigenvalue weighted by atomic mass is 16.5. The van der Waals surface area contributed by atoms with Gasteiger partial charge in [0.25, 0.3) is 0 Å². The van der Waals surface area contributed by atoms with Gasteiger partial charge in [0.05, 0.1) is 24.7 Å². The summed E-state index contributed by atoms with van der Waals surface area (Å²) in [6.07, 6.45) is 4.50. The number of nitrogens with zero attached hydrogens (tertiary/aromatic N) is 3. The minimum atomic E-state index is 0.604. The molecular formula is C18H22N4O. The maximum atomic E-state index is 5.31. The van der Waals surface area contributed by atoms with Crippen molar-refractivity contribution >= 4 is 5.69 Å². The Morgan fingerprint density at radius 2 is 2.04 bits per heavy atom. The second-order valence-corrected chi connectivity index (χ2v) is 6.21. The van der Waals surface area contributed by atoms with Crippen LogP contribution in [0.5, 0.6) is 5.75 Å². The number of hydrogen-bond donors (Lipinski definition) is 1. The van der Waals surface area contributed by atoms with Gasteiger partial charge in [0.15, 0.2) is 5.82 Å². The molecule has 23 heavy (non-hydrogen) atoms. The van der Waals surface area contributed by atoms with E-state index in [1.54, 1.807) is 7.11 Å². The number of methoxy groups -OCH3 is 1. The number of piperazine rings is 1. The fourth-order valence-electron chi connectivity index (χ4n) is 3.10. The maximum Gasteiger partial charge on any atom is 0.159 e. The summed E-state index contributed by atoms with van der Waals surface area (Å²) in [7, 11) is 1.68. The molecule has 2 aromatic rings. The van der Waals surface area contributed by atoms with Crippen LogP contribution in [0.15, 0.2) is 30.5 Å². The zero-order chi connectivity index (χ0) is 15.6. The average molecular weight is 310 g/mol. The van der Waals surface area contributed by atoms with Crippen LogP contribution in [0.25, 0.3) is 11.4 Å². The van der Waals surface area contributed by atoms with Gasteiger partial charge in [-0.1, -0.05) is 12.1 Å². The minimum Gasteiger partial charge on any atom is -0.497 e. The van der Waals surface area contributed by atoms with E-state index in [4.69, 9.17) is 9.72 Å². The van der Waals surface area contributed by atoms with Gasteiger partial charge in [0.2, 0.25) is 0 Å². The van der Waals surface area contributed by atoms with Gasteiger partial charge in [-0.2, -0.15) is 0 Å². The largest absolute Gasteiger partial charge is 0.497 e. The van der Waals surface area contributed by atoms with Crippen molar-refractivity contribution in [3.05, 3.63) is 36.2 Å². The summed E-state index contributed by atoms with van der Waals surface area (Å²) in [5, 5.41) is 3.40. The summed E-state index contributed by atoms with van der Waals surface area (Å²) in [4.78, 5) is 12.0. The summed E-state index contributed by atoms with van der Waals surface area (Å²) in [5.74, 6) is 2.24. The molecule has 1 aromatic heterocycles. The van der Waals surface area contributed by atoms with E-state index < -0.39 is 0 Å². The van der Waals surface area contributed by atoms with Crippen LogP contribution in [0.2, 0.25) is 0 Å². The standard InChI is InChI=1S/C18H22N4O/c1-23-15-4-2-3-14(11-15)18-20-12-16(17(21-18)13-5-6-13)22-9-7-19-8-10-22/h2-4,11-13,19H,5-10H2,1H3. The molecule has 2 heterocycles. The second kappa shape index (κ2) is 6.16. The minimum absolute atomic E-state index is 0.604. The third-order valence-corrected chi connectivity index (χ3v) is 4.55. The Bertz CT molecular complexity index is 693. The van der Waals surface area contributed by atoms with Crippen LogP contribution in [-0.4, -0.2) is 43.3 Å². The molecule has 0 spiro atoms. The molecule has 120 valence electrons. The lowest BCUT2D eigenvalue weighted by atomic mass is 10.1. The highest BCUT2D eigenvalue weighted by molar-refractivity contribution is 5.61. The van der Waals surface area contributed by atoms with Crippen molar-refractivity contribution in [2.45, 2.75) is 18.8 Å². The van der Waals surface area contributed by atoms with Crippen LogP contribution in [-0.2, 0) is 0 Å². The first kappa shape index (κ1) is 14.5. The smallest absolute Gasteiger partial charge is 0.159 e. The van der Waals surface area contributed by atoms with Crippen molar-refractivity contribution in [1.82, 2.24) is 15.3 Å². The molecule has 0 amide bonds. The molecule has 0 bridgehead atoms. The van der Waals surface area contributed by atoms with E-state index in [9.17, 15) is 0 Å². The molecule has 1 aliphatic carbocycles. The van der Waals surface area contributed by atoms with Gasteiger partial charge in [-0.25, -0.2) is 9.97 Å². The van der Waals surface area contributed by atoms with E-state index in [0.717, 1.165) is 43.3 Å². The normalized spacial score (nSPS) is 18.0. The molecule has 5 heteroatoms. The summed E-state index contributed by atoms with van der Waals surface area (Å²) in [6.45, 7) is 4.12. The number of hydrogen-bond acceptors (Lipinski definition) is 5. The molecule has 1 aliphatic heterocycles. The van der Waals surface area contributed by atoms with Gasteiger partial charge >= 0.3 is 0 Å². The number of anilines is 1. The van der Waals surface area contributed by atoms with Crippen LogP contribution < -0.4 is 15.0 Å². The Balaban J connectivity index is 1.70.